The number of aryl methyl sites for hydroxylation is 2. The van der Waals surface area contributed by atoms with Gasteiger partial charge in [-0.05, 0) is 50.6 Å². The molecule has 1 aromatic carbocycles. The van der Waals surface area contributed by atoms with Gasteiger partial charge in [0.05, 0.1) is 6.61 Å². The van der Waals surface area contributed by atoms with Crippen LogP contribution in [0.15, 0.2) is 30.3 Å². The molecule has 0 aliphatic rings. The van der Waals surface area contributed by atoms with Crippen molar-refractivity contribution in [2.45, 2.75) is 52.9 Å². The molecule has 0 fully saturated rings. The lowest BCUT2D eigenvalue weighted by molar-refractivity contribution is -0.120. The third-order valence-electron chi connectivity index (χ3n) is 4.07. The Balaban J connectivity index is 1.74. The van der Waals surface area contributed by atoms with Crippen LogP contribution in [0.1, 0.15) is 60.8 Å². The number of Topliss-reactive ketones (excluding diaryl/α,β-unsaturated/α-hetero) is 1. The van der Waals surface area contributed by atoms with Gasteiger partial charge in [0.1, 0.15) is 5.75 Å². The summed E-state index contributed by atoms with van der Waals surface area (Å²) in [6.45, 7) is 6.52. The Morgan fingerprint density at radius 1 is 1.00 bits per heavy atom. The van der Waals surface area contributed by atoms with E-state index in [1.54, 1.807) is 24.3 Å². The van der Waals surface area contributed by atoms with E-state index >= 15 is 0 Å². The molecule has 2 rings (SSSR count). The Morgan fingerprint density at radius 3 is 2.32 bits per heavy atom. The number of nitrogens with zero attached hydrogens (tertiary/aromatic N) is 2. The number of amides is 1. The Morgan fingerprint density at radius 2 is 1.68 bits per heavy atom. The first-order chi connectivity index (χ1) is 13.5. The van der Waals surface area contributed by atoms with E-state index in [0.29, 0.717) is 18.1 Å². The van der Waals surface area contributed by atoms with E-state index in [-0.39, 0.29) is 24.5 Å². The van der Waals surface area contributed by atoms with Crippen molar-refractivity contribution < 1.29 is 14.3 Å². The molecule has 2 aromatic rings. The summed E-state index contributed by atoms with van der Waals surface area (Å²) in [4.78, 5) is 32.5. The number of carbonyl (C=O) groups excluding carboxylic acids is 2. The first kappa shape index (κ1) is 21.3. The number of nitrogens with one attached hydrogen (secondary N) is 2. The number of hydrogen-bond acceptors (Lipinski definition) is 6. The molecule has 150 valence electrons. The van der Waals surface area contributed by atoms with E-state index in [9.17, 15) is 9.59 Å². The number of unbranched alkanes of at least 4 members (excludes halogenated alkanes) is 2. The minimum absolute atomic E-state index is 0.0753. The first-order valence-electron chi connectivity index (χ1n) is 9.61. The molecule has 7 heteroatoms. The normalized spacial score (nSPS) is 10.4. The van der Waals surface area contributed by atoms with Crippen LogP contribution in [0.3, 0.4) is 0 Å². The topological polar surface area (TPSA) is 93.2 Å². The average Bonchev–Trinajstić information content (AvgIpc) is 2.67. The number of anilines is 1. The second kappa shape index (κ2) is 11.0. The zero-order valence-electron chi connectivity index (χ0n) is 16.7. The number of carbonyl (C=O) groups is 2. The SMILES string of the molecule is CCCCCOc1ccc(C(=O)CCC(=O)NNc2nc(C)cc(C)n2)cc1. The van der Waals surface area contributed by atoms with Crippen molar-refractivity contribution in [2.24, 2.45) is 0 Å². The Hall–Kier alpha value is -2.96. The van der Waals surface area contributed by atoms with Crippen LogP contribution in [0.4, 0.5) is 5.95 Å². The molecule has 0 atom stereocenters. The average molecular weight is 384 g/mol. The van der Waals surface area contributed by atoms with Gasteiger partial charge in [0, 0.05) is 29.8 Å². The molecule has 0 aliphatic carbocycles. The molecule has 28 heavy (non-hydrogen) atoms. The Bertz CT molecular complexity index is 770. The lowest BCUT2D eigenvalue weighted by atomic mass is 10.1. The number of ketones is 1. The minimum Gasteiger partial charge on any atom is -0.494 e. The van der Waals surface area contributed by atoms with Gasteiger partial charge in [0.25, 0.3) is 0 Å². The quantitative estimate of drug-likeness (QED) is 0.348. The van der Waals surface area contributed by atoms with Crippen LogP contribution >= 0.6 is 0 Å². The van der Waals surface area contributed by atoms with E-state index in [2.05, 4.69) is 27.7 Å². The van der Waals surface area contributed by atoms with Gasteiger partial charge in [-0.15, -0.1) is 0 Å². The van der Waals surface area contributed by atoms with Gasteiger partial charge in [0.15, 0.2) is 5.78 Å². The predicted octanol–water partition coefficient (Wildman–Crippen LogP) is 3.77. The van der Waals surface area contributed by atoms with Crippen LogP contribution in [-0.2, 0) is 4.79 Å². The van der Waals surface area contributed by atoms with Crippen molar-refractivity contribution in [3.63, 3.8) is 0 Å². The van der Waals surface area contributed by atoms with Crippen LogP contribution in [0, 0.1) is 13.8 Å². The van der Waals surface area contributed by atoms with Gasteiger partial charge in [-0.2, -0.15) is 0 Å². The lowest BCUT2D eigenvalue weighted by Crippen LogP contribution is -2.30. The summed E-state index contributed by atoms with van der Waals surface area (Å²) in [6.07, 6.45) is 3.51. The van der Waals surface area contributed by atoms with Crippen LogP contribution < -0.4 is 15.6 Å². The van der Waals surface area contributed by atoms with Crippen LogP contribution in [-0.4, -0.2) is 28.3 Å². The summed E-state index contributed by atoms with van der Waals surface area (Å²) >= 11 is 0. The number of rotatable bonds is 11. The summed E-state index contributed by atoms with van der Waals surface area (Å²) in [5.41, 5.74) is 7.37. The first-order valence-corrected chi connectivity index (χ1v) is 9.61. The third kappa shape index (κ3) is 7.34. The van der Waals surface area contributed by atoms with E-state index in [1.165, 1.54) is 0 Å². The summed E-state index contributed by atoms with van der Waals surface area (Å²) in [5.74, 6) is 0.692. The second-order valence-electron chi connectivity index (χ2n) is 6.65. The second-order valence-corrected chi connectivity index (χ2v) is 6.65. The molecule has 0 spiro atoms. The van der Waals surface area contributed by atoms with Crippen molar-refractivity contribution in [3.05, 3.63) is 47.3 Å². The molecular weight excluding hydrogens is 356 g/mol. The molecule has 0 unspecified atom stereocenters. The highest BCUT2D eigenvalue weighted by Crippen LogP contribution is 2.15. The third-order valence-corrected chi connectivity index (χ3v) is 4.07. The zero-order chi connectivity index (χ0) is 20.4. The van der Waals surface area contributed by atoms with E-state index in [1.807, 2.05) is 19.9 Å². The summed E-state index contributed by atoms with van der Waals surface area (Å²) in [7, 11) is 0. The minimum atomic E-state index is -0.299. The highest BCUT2D eigenvalue weighted by molar-refractivity contribution is 5.98. The highest BCUT2D eigenvalue weighted by Gasteiger charge is 2.10. The molecule has 0 saturated carbocycles. The summed E-state index contributed by atoms with van der Waals surface area (Å²) in [6, 6.07) is 8.89. The molecule has 1 heterocycles. The highest BCUT2D eigenvalue weighted by atomic mass is 16.5. The van der Waals surface area contributed by atoms with Crippen molar-refractivity contribution in [1.82, 2.24) is 15.4 Å². The molecule has 0 saturated heterocycles. The van der Waals surface area contributed by atoms with Crippen molar-refractivity contribution >= 4 is 17.6 Å². The number of hydrazine groups is 1. The van der Waals surface area contributed by atoms with Crippen molar-refractivity contribution in [3.8, 4) is 5.75 Å². The van der Waals surface area contributed by atoms with Gasteiger partial charge in [-0.1, -0.05) is 19.8 Å². The fraction of sp³-hybridized carbons (Fsp3) is 0.429. The smallest absolute Gasteiger partial charge is 0.242 e. The molecule has 1 aromatic heterocycles. The molecule has 2 N–H and O–H groups in total. The number of hydrogen-bond donors (Lipinski definition) is 2. The van der Waals surface area contributed by atoms with Crippen LogP contribution in [0.5, 0.6) is 5.75 Å². The van der Waals surface area contributed by atoms with Crippen LogP contribution in [0.2, 0.25) is 0 Å². The van der Waals surface area contributed by atoms with Gasteiger partial charge < -0.3 is 4.74 Å². The largest absolute Gasteiger partial charge is 0.494 e. The van der Waals surface area contributed by atoms with Crippen LogP contribution in [0.25, 0.3) is 0 Å². The van der Waals surface area contributed by atoms with Gasteiger partial charge in [0.2, 0.25) is 11.9 Å². The van der Waals surface area contributed by atoms with E-state index < -0.39 is 0 Å². The number of aromatic nitrogens is 2. The maximum Gasteiger partial charge on any atom is 0.242 e. The Kier molecular flexibility index (Phi) is 8.39. The molecule has 1 amide bonds. The van der Waals surface area contributed by atoms with Gasteiger partial charge in [-0.25, -0.2) is 9.97 Å². The number of benzene rings is 1. The summed E-state index contributed by atoms with van der Waals surface area (Å²) in [5, 5.41) is 0. The zero-order valence-corrected chi connectivity index (χ0v) is 16.7. The lowest BCUT2D eigenvalue weighted by Gasteiger charge is -2.08. The maximum absolute atomic E-state index is 12.3. The molecule has 0 bridgehead atoms. The predicted molar refractivity (Wildman–Crippen MR) is 108 cm³/mol. The fourth-order valence-corrected chi connectivity index (χ4v) is 2.62. The summed E-state index contributed by atoms with van der Waals surface area (Å²) < 4.78 is 5.64. The van der Waals surface area contributed by atoms with Gasteiger partial charge >= 0.3 is 0 Å². The maximum atomic E-state index is 12.3. The van der Waals surface area contributed by atoms with E-state index in [4.69, 9.17) is 4.74 Å². The van der Waals surface area contributed by atoms with Gasteiger partial charge in [-0.3, -0.25) is 20.4 Å². The fourth-order valence-electron chi connectivity index (χ4n) is 2.62. The van der Waals surface area contributed by atoms with Crippen molar-refractivity contribution in [2.75, 3.05) is 12.0 Å². The molecule has 7 nitrogen and oxygen atoms in total. The Labute approximate surface area is 165 Å². The standard InChI is InChI=1S/C21H28N4O3/c1-4-5-6-13-28-18-9-7-17(8-10-18)19(26)11-12-20(27)24-25-21-22-15(2)14-16(3)23-21/h7-10,14H,4-6,11-13H2,1-3H3,(H,24,27)(H,22,23,25). The monoisotopic (exact) mass is 384 g/mol. The van der Waals surface area contributed by atoms with Crippen molar-refractivity contribution in [1.29, 1.82) is 0 Å². The molecule has 0 aliphatic heterocycles. The molecular formula is C21H28N4O3. The number of ether oxygens (including phenoxy) is 1. The molecule has 0 radical (unpaired) electrons. The van der Waals surface area contributed by atoms with E-state index in [0.717, 1.165) is 36.4 Å².